The molecule has 0 radical (unpaired) electrons. The van der Waals surface area contributed by atoms with Gasteiger partial charge in [-0.2, -0.15) is 0 Å². The van der Waals surface area contributed by atoms with Crippen molar-refractivity contribution < 1.29 is 19.1 Å². The van der Waals surface area contributed by atoms with Crippen molar-refractivity contribution in [3.63, 3.8) is 0 Å². The monoisotopic (exact) mass is 493 g/mol. The lowest BCUT2D eigenvalue weighted by molar-refractivity contribution is -0.132. The zero-order valence-corrected chi connectivity index (χ0v) is 21.1. The van der Waals surface area contributed by atoms with E-state index in [9.17, 15) is 9.59 Å². The maximum absolute atomic E-state index is 13.2. The zero-order chi connectivity index (χ0) is 24.8. The van der Waals surface area contributed by atoms with E-state index >= 15 is 0 Å². The summed E-state index contributed by atoms with van der Waals surface area (Å²) in [4.78, 5) is 29.2. The van der Waals surface area contributed by atoms with Crippen LogP contribution in [-0.4, -0.2) is 42.5 Å². The summed E-state index contributed by atoms with van der Waals surface area (Å²) in [6.07, 6.45) is 0.889. The topological polar surface area (TPSA) is 79.9 Å². The summed E-state index contributed by atoms with van der Waals surface area (Å²) in [6, 6.07) is 14.2. The third-order valence-corrected chi connectivity index (χ3v) is 6.85. The van der Waals surface area contributed by atoms with Crippen molar-refractivity contribution in [2.75, 3.05) is 30.4 Å². The first-order valence-electron chi connectivity index (χ1n) is 11.9. The predicted molar refractivity (Wildman–Crippen MR) is 140 cm³/mol. The van der Waals surface area contributed by atoms with Crippen LogP contribution in [-0.2, 0) is 17.8 Å². The number of anilines is 2. The first-order valence-corrected chi connectivity index (χ1v) is 12.8. The molecule has 2 heterocycles. The molecule has 1 aromatic heterocycles. The fourth-order valence-electron chi connectivity index (χ4n) is 4.11. The highest BCUT2D eigenvalue weighted by Gasteiger charge is 2.26. The van der Waals surface area contributed by atoms with Gasteiger partial charge >= 0.3 is 0 Å². The van der Waals surface area contributed by atoms with E-state index in [2.05, 4.69) is 22.1 Å². The number of nitrogens with zero attached hydrogens (tertiary/aromatic N) is 1. The van der Waals surface area contributed by atoms with Crippen LogP contribution in [0, 0.1) is 0 Å². The molecule has 1 atom stereocenters. The number of nitrogens with one attached hydrogen (secondary N) is 2. The van der Waals surface area contributed by atoms with Gasteiger partial charge in [-0.3, -0.25) is 9.59 Å². The Morgan fingerprint density at radius 1 is 1.03 bits per heavy atom. The average molecular weight is 494 g/mol. The summed E-state index contributed by atoms with van der Waals surface area (Å²) in [7, 11) is 0. The van der Waals surface area contributed by atoms with Crippen LogP contribution < -0.4 is 20.1 Å². The largest absolute Gasteiger partial charge is 0.492 e. The van der Waals surface area contributed by atoms with Gasteiger partial charge in [0.25, 0.3) is 5.91 Å². The van der Waals surface area contributed by atoms with Gasteiger partial charge in [0.05, 0.1) is 24.6 Å². The van der Waals surface area contributed by atoms with E-state index < -0.39 is 6.04 Å². The Labute approximate surface area is 210 Å². The molecular weight excluding hydrogens is 462 g/mol. The van der Waals surface area contributed by atoms with Crippen LogP contribution >= 0.6 is 11.3 Å². The quantitative estimate of drug-likeness (QED) is 0.429. The van der Waals surface area contributed by atoms with Crippen LogP contribution in [0.1, 0.15) is 41.6 Å². The molecule has 184 valence electrons. The predicted octanol–water partition coefficient (Wildman–Crippen LogP) is 5.18. The summed E-state index contributed by atoms with van der Waals surface area (Å²) in [5.41, 5.74) is 2.93. The van der Waals surface area contributed by atoms with E-state index in [4.69, 9.17) is 9.47 Å². The van der Waals surface area contributed by atoms with E-state index in [1.807, 2.05) is 43.9 Å². The highest BCUT2D eigenvalue weighted by Crippen LogP contribution is 2.38. The Morgan fingerprint density at radius 3 is 2.43 bits per heavy atom. The standard InChI is InChI=1S/C27H31N3O4S/c1-4-33-23-16-22(29-26(31)19-9-7-6-8-10-19)24(34-5-2)15-21(23)28-18(3)27(32)30-13-11-25-20(17-30)12-14-35-25/h6-10,12,14-16,18,28H,4-5,11,13,17H2,1-3H3,(H,29,31). The first kappa shape index (κ1) is 24.6. The number of thiophene rings is 1. The molecule has 0 aliphatic carbocycles. The maximum atomic E-state index is 13.2. The lowest BCUT2D eigenvalue weighted by Gasteiger charge is -2.30. The molecule has 35 heavy (non-hydrogen) atoms. The van der Waals surface area contributed by atoms with Gasteiger partial charge in [-0.1, -0.05) is 18.2 Å². The molecule has 3 aromatic rings. The molecule has 0 bridgehead atoms. The van der Waals surface area contributed by atoms with Crippen LogP contribution in [0.2, 0.25) is 0 Å². The zero-order valence-electron chi connectivity index (χ0n) is 20.3. The lowest BCUT2D eigenvalue weighted by atomic mass is 10.1. The highest BCUT2D eigenvalue weighted by atomic mass is 32.1. The lowest BCUT2D eigenvalue weighted by Crippen LogP contribution is -2.43. The number of benzene rings is 2. The summed E-state index contributed by atoms with van der Waals surface area (Å²) in [5, 5.41) is 8.33. The molecule has 1 aliphatic rings. The molecule has 1 unspecified atom stereocenters. The van der Waals surface area contributed by atoms with Gasteiger partial charge < -0.3 is 25.0 Å². The van der Waals surface area contributed by atoms with Crippen molar-refractivity contribution in [3.8, 4) is 11.5 Å². The van der Waals surface area contributed by atoms with Gasteiger partial charge in [-0.15, -0.1) is 11.3 Å². The minimum absolute atomic E-state index is 0.0312. The van der Waals surface area contributed by atoms with Gasteiger partial charge in [-0.25, -0.2) is 0 Å². The smallest absolute Gasteiger partial charge is 0.255 e. The number of hydrogen-bond acceptors (Lipinski definition) is 6. The van der Waals surface area contributed by atoms with E-state index in [1.165, 1.54) is 10.4 Å². The van der Waals surface area contributed by atoms with Crippen LogP contribution in [0.15, 0.2) is 53.9 Å². The third kappa shape index (κ3) is 5.77. The number of ether oxygens (including phenoxy) is 2. The summed E-state index contributed by atoms with van der Waals surface area (Å²) in [6.45, 7) is 7.84. The highest BCUT2D eigenvalue weighted by molar-refractivity contribution is 7.10. The Kier molecular flexibility index (Phi) is 7.92. The van der Waals surface area contributed by atoms with Crippen molar-refractivity contribution in [2.24, 2.45) is 0 Å². The number of fused-ring (bicyclic) bond motifs is 1. The number of amides is 2. The van der Waals surface area contributed by atoms with Gasteiger partial charge in [-0.05, 0) is 56.3 Å². The Bertz CT molecular complexity index is 1180. The fourth-order valence-corrected chi connectivity index (χ4v) is 5.00. The summed E-state index contributed by atoms with van der Waals surface area (Å²) < 4.78 is 11.7. The Balaban J connectivity index is 1.55. The van der Waals surface area contributed by atoms with Gasteiger partial charge in [0.2, 0.25) is 5.91 Å². The van der Waals surface area contributed by atoms with Crippen LogP contribution in [0.5, 0.6) is 11.5 Å². The van der Waals surface area contributed by atoms with E-state index in [1.54, 1.807) is 35.6 Å². The van der Waals surface area contributed by atoms with E-state index in [-0.39, 0.29) is 11.8 Å². The Morgan fingerprint density at radius 2 is 1.71 bits per heavy atom. The third-order valence-electron chi connectivity index (χ3n) is 5.83. The van der Waals surface area contributed by atoms with Crippen LogP contribution in [0.25, 0.3) is 0 Å². The molecule has 0 spiro atoms. The number of rotatable bonds is 9. The second-order valence-corrected chi connectivity index (χ2v) is 9.28. The molecule has 7 nitrogen and oxygen atoms in total. The summed E-state index contributed by atoms with van der Waals surface area (Å²) in [5.74, 6) is 0.834. The minimum Gasteiger partial charge on any atom is -0.492 e. The molecule has 2 aromatic carbocycles. The van der Waals surface area contributed by atoms with Crippen molar-refractivity contribution in [2.45, 2.75) is 39.8 Å². The van der Waals surface area contributed by atoms with Gasteiger partial charge in [0.15, 0.2) is 0 Å². The van der Waals surface area contributed by atoms with Crippen molar-refractivity contribution in [3.05, 3.63) is 69.9 Å². The van der Waals surface area contributed by atoms with Crippen molar-refractivity contribution in [1.29, 1.82) is 0 Å². The molecule has 2 N–H and O–H groups in total. The van der Waals surface area contributed by atoms with Gasteiger partial charge in [0, 0.05) is 35.7 Å². The van der Waals surface area contributed by atoms with Crippen molar-refractivity contribution in [1.82, 2.24) is 4.90 Å². The van der Waals surface area contributed by atoms with Crippen molar-refractivity contribution >= 4 is 34.5 Å². The van der Waals surface area contributed by atoms with E-state index in [0.717, 1.165) is 6.42 Å². The minimum atomic E-state index is -0.464. The second kappa shape index (κ2) is 11.3. The molecule has 2 amide bonds. The number of hydrogen-bond donors (Lipinski definition) is 2. The molecule has 0 fully saturated rings. The average Bonchev–Trinajstić information content (AvgIpc) is 3.34. The molecule has 0 saturated carbocycles. The normalized spacial score (nSPS) is 13.5. The van der Waals surface area contributed by atoms with E-state index in [0.29, 0.717) is 54.7 Å². The molecule has 8 heteroatoms. The summed E-state index contributed by atoms with van der Waals surface area (Å²) >= 11 is 1.75. The van der Waals surface area contributed by atoms with Crippen LogP contribution in [0.3, 0.4) is 0 Å². The maximum Gasteiger partial charge on any atom is 0.255 e. The molecule has 4 rings (SSSR count). The van der Waals surface area contributed by atoms with Gasteiger partial charge in [0.1, 0.15) is 17.5 Å². The second-order valence-electron chi connectivity index (χ2n) is 8.28. The molecule has 1 aliphatic heterocycles. The fraction of sp³-hybridized carbons (Fsp3) is 0.333. The Hall–Kier alpha value is -3.52. The SMILES string of the molecule is CCOc1cc(NC(C)C(=O)N2CCc3sccc3C2)c(OCC)cc1NC(=O)c1ccccc1. The number of carbonyl (C=O) groups excluding carboxylic acids is 2. The number of carbonyl (C=O) groups is 2. The molecule has 0 saturated heterocycles. The molecular formula is C27H31N3O4S. The van der Waals surface area contributed by atoms with Crippen LogP contribution in [0.4, 0.5) is 11.4 Å². The first-order chi connectivity index (χ1) is 17.0.